The summed E-state index contributed by atoms with van der Waals surface area (Å²) in [6.45, 7) is 0. The molecule has 4 aliphatic rings. The Hall–Kier alpha value is -1.23. The number of ketones is 1. The number of alkyl halides is 4. The highest BCUT2D eigenvalue weighted by Gasteiger charge is 2.86. The molecular formula is C13H12F4O6S. The highest BCUT2D eigenvalue weighted by Crippen LogP contribution is 2.83. The Morgan fingerprint density at radius 1 is 1.25 bits per heavy atom. The van der Waals surface area contributed by atoms with Crippen molar-refractivity contribution >= 4 is 21.9 Å². The number of ether oxygens (including phenoxy) is 1. The summed E-state index contributed by atoms with van der Waals surface area (Å²) in [6, 6.07) is 0. The number of carbonyl (C=O) groups excluding carboxylic acids is 2. The van der Waals surface area contributed by atoms with Crippen LogP contribution in [-0.2, 0) is 24.4 Å². The number of rotatable bonds is 3. The largest absolute Gasteiger partial charge is 0.455 e. The van der Waals surface area contributed by atoms with E-state index in [-0.39, 0.29) is 30.5 Å². The molecule has 0 amide bonds. The van der Waals surface area contributed by atoms with Crippen LogP contribution in [0.2, 0.25) is 0 Å². The van der Waals surface area contributed by atoms with E-state index < -0.39 is 44.2 Å². The lowest BCUT2D eigenvalue weighted by Gasteiger charge is -2.44. The Bertz CT molecular complexity index is 778. The third kappa shape index (κ3) is 1.53. The van der Waals surface area contributed by atoms with Gasteiger partial charge in [-0.25, -0.2) is 9.18 Å². The lowest BCUT2D eigenvalue weighted by molar-refractivity contribution is -0.223. The van der Waals surface area contributed by atoms with E-state index in [2.05, 4.69) is 0 Å². The van der Waals surface area contributed by atoms with Gasteiger partial charge in [0.25, 0.3) is 0 Å². The van der Waals surface area contributed by atoms with Gasteiger partial charge in [-0.3, -0.25) is 9.35 Å². The minimum Gasteiger partial charge on any atom is -0.455 e. The molecule has 134 valence electrons. The molecule has 4 saturated carbocycles. The average Bonchev–Trinajstić information content (AvgIpc) is 3.03. The first-order valence-electron chi connectivity index (χ1n) is 7.29. The summed E-state index contributed by atoms with van der Waals surface area (Å²) in [5.74, 6) is -3.48. The molecule has 11 heteroatoms. The van der Waals surface area contributed by atoms with Crippen molar-refractivity contribution in [3.8, 4) is 0 Å². The molecule has 0 aromatic heterocycles. The minimum absolute atomic E-state index is 0.0228. The van der Waals surface area contributed by atoms with Crippen LogP contribution in [0.4, 0.5) is 17.6 Å². The number of hydrogen-bond acceptors (Lipinski definition) is 5. The summed E-state index contributed by atoms with van der Waals surface area (Å²) in [5.41, 5.74) is -2.09. The molecule has 24 heavy (non-hydrogen) atoms. The molecule has 0 aromatic rings. The van der Waals surface area contributed by atoms with Crippen molar-refractivity contribution in [2.24, 2.45) is 23.2 Å². The van der Waals surface area contributed by atoms with Gasteiger partial charge in [-0.2, -0.15) is 21.6 Å². The third-order valence-electron chi connectivity index (χ3n) is 6.32. The van der Waals surface area contributed by atoms with Gasteiger partial charge in [-0.1, -0.05) is 0 Å². The van der Waals surface area contributed by atoms with E-state index in [0.717, 1.165) is 0 Å². The molecule has 0 aromatic carbocycles. The van der Waals surface area contributed by atoms with Crippen molar-refractivity contribution in [2.45, 2.75) is 42.5 Å². The molecule has 1 N–H and O–H groups in total. The van der Waals surface area contributed by atoms with Crippen LogP contribution in [0.1, 0.15) is 25.7 Å². The summed E-state index contributed by atoms with van der Waals surface area (Å²) in [5, 5.41) is -5.54. The van der Waals surface area contributed by atoms with E-state index in [1.165, 1.54) is 0 Å². The molecule has 6 unspecified atom stereocenters. The Morgan fingerprint density at radius 3 is 2.42 bits per heavy atom. The maximum absolute atomic E-state index is 14.1. The summed E-state index contributed by atoms with van der Waals surface area (Å²) in [7, 11) is -6.44. The molecule has 6 atom stereocenters. The van der Waals surface area contributed by atoms with E-state index in [9.17, 15) is 35.6 Å². The number of carbonyl (C=O) groups is 2. The fourth-order valence-electron chi connectivity index (χ4n) is 5.16. The smallest absolute Gasteiger partial charge is 0.451 e. The van der Waals surface area contributed by atoms with Crippen molar-refractivity contribution < 1.29 is 44.9 Å². The molecule has 4 aliphatic carbocycles. The molecule has 0 heterocycles. The molecule has 4 rings (SSSR count). The van der Waals surface area contributed by atoms with Crippen LogP contribution >= 0.6 is 0 Å². The van der Waals surface area contributed by atoms with Crippen LogP contribution in [-0.4, -0.2) is 41.5 Å². The van der Waals surface area contributed by atoms with Crippen molar-refractivity contribution in [3.05, 3.63) is 0 Å². The maximum Gasteiger partial charge on any atom is 0.451 e. The lowest BCUT2D eigenvalue weighted by Crippen LogP contribution is -2.57. The first-order valence-corrected chi connectivity index (χ1v) is 8.73. The quantitative estimate of drug-likeness (QED) is 0.457. The summed E-state index contributed by atoms with van der Waals surface area (Å²) in [6.07, 6.45) is -5.10. The molecule has 1 spiro atoms. The highest BCUT2D eigenvalue weighted by atomic mass is 32.2. The summed E-state index contributed by atoms with van der Waals surface area (Å²) in [4.78, 5) is 23.8. The second-order valence-electron chi connectivity index (χ2n) is 7.24. The zero-order valence-electron chi connectivity index (χ0n) is 12.0. The number of Topliss-reactive ketones (excluding diaryl/α,β-unsaturated/α-hetero) is 1. The topological polar surface area (TPSA) is 97.7 Å². The van der Waals surface area contributed by atoms with Crippen molar-refractivity contribution in [3.63, 3.8) is 0 Å². The van der Waals surface area contributed by atoms with E-state index in [1.54, 1.807) is 0 Å². The van der Waals surface area contributed by atoms with Crippen molar-refractivity contribution in [1.29, 1.82) is 0 Å². The van der Waals surface area contributed by atoms with E-state index in [4.69, 9.17) is 9.29 Å². The van der Waals surface area contributed by atoms with Gasteiger partial charge in [0.1, 0.15) is 11.4 Å². The first-order chi connectivity index (χ1) is 10.8. The van der Waals surface area contributed by atoms with E-state index in [0.29, 0.717) is 12.8 Å². The maximum atomic E-state index is 14.1. The van der Waals surface area contributed by atoms with E-state index in [1.807, 2.05) is 0 Å². The van der Waals surface area contributed by atoms with Gasteiger partial charge >= 0.3 is 27.3 Å². The van der Waals surface area contributed by atoms with Crippen LogP contribution in [0.3, 0.4) is 0 Å². The monoisotopic (exact) mass is 372 g/mol. The van der Waals surface area contributed by atoms with Gasteiger partial charge in [0.05, 0.1) is 0 Å². The molecular weight excluding hydrogens is 360 g/mol. The van der Waals surface area contributed by atoms with Gasteiger partial charge in [0.15, 0.2) is 0 Å². The SMILES string of the molecule is O=C1C2CC3C1CC31CC1(OC(=O)C(F)(C(F)(F)F)S(=O)(=O)O)C2. The Labute approximate surface area is 133 Å². The van der Waals surface area contributed by atoms with Crippen LogP contribution in [0, 0.1) is 23.2 Å². The first kappa shape index (κ1) is 16.2. The fourth-order valence-corrected chi connectivity index (χ4v) is 5.71. The minimum atomic E-state index is -6.44. The predicted molar refractivity (Wildman–Crippen MR) is 66.6 cm³/mol. The molecule has 6 nitrogen and oxygen atoms in total. The van der Waals surface area contributed by atoms with Gasteiger partial charge in [-0.05, 0) is 31.6 Å². The lowest BCUT2D eigenvalue weighted by atomic mass is 9.60. The molecule has 2 bridgehead atoms. The normalized spacial score (nSPS) is 45.0. The summed E-state index contributed by atoms with van der Waals surface area (Å²) < 4.78 is 87.6. The van der Waals surface area contributed by atoms with Crippen molar-refractivity contribution in [1.82, 2.24) is 0 Å². The number of halogens is 4. The zero-order valence-corrected chi connectivity index (χ0v) is 12.8. The van der Waals surface area contributed by atoms with Crippen LogP contribution in [0.25, 0.3) is 0 Å². The molecule has 4 fully saturated rings. The van der Waals surface area contributed by atoms with Crippen LogP contribution in [0.5, 0.6) is 0 Å². The molecule has 0 radical (unpaired) electrons. The van der Waals surface area contributed by atoms with Crippen LogP contribution < -0.4 is 0 Å². The standard InChI is InChI=1S/C13H12F4O6S/c14-12(13(15,16)17,24(20,21)22)9(19)23-11-2-5-1-7-6(8(5)18)3-10(7,11)4-11/h5-7H,1-4H2,(H,20,21,22). The van der Waals surface area contributed by atoms with Gasteiger partial charge in [0.2, 0.25) is 0 Å². The average molecular weight is 372 g/mol. The second-order valence-corrected chi connectivity index (χ2v) is 8.75. The number of esters is 1. The van der Waals surface area contributed by atoms with Gasteiger partial charge < -0.3 is 4.74 Å². The fraction of sp³-hybridized carbons (Fsp3) is 0.846. The molecule has 0 saturated heterocycles. The Morgan fingerprint density at radius 2 is 1.88 bits per heavy atom. The predicted octanol–water partition coefficient (Wildman–Crippen LogP) is 1.40. The van der Waals surface area contributed by atoms with Gasteiger partial charge in [-0.15, -0.1) is 0 Å². The Balaban J connectivity index is 1.65. The second kappa shape index (κ2) is 3.95. The Kier molecular flexibility index (Phi) is 2.67. The van der Waals surface area contributed by atoms with E-state index >= 15 is 0 Å². The highest BCUT2D eigenvalue weighted by molar-refractivity contribution is 7.88. The van der Waals surface area contributed by atoms with Crippen LogP contribution in [0.15, 0.2) is 0 Å². The molecule has 0 aliphatic heterocycles. The van der Waals surface area contributed by atoms with Gasteiger partial charge in [0, 0.05) is 17.3 Å². The third-order valence-corrected chi connectivity index (χ3v) is 7.43. The van der Waals surface area contributed by atoms with Crippen molar-refractivity contribution in [2.75, 3.05) is 0 Å². The zero-order chi connectivity index (χ0) is 17.9. The summed E-state index contributed by atoms with van der Waals surface area (Å²) >= 11 is 0. The number of fused-ring (bicyclic) bond motifs is 1. The number of hydrogen-bond donors (Lipinski definition) is 1.